The molecule has 0 aliphatic carbocycles. The summed E-state index contributed by atoms with van der Waals surface area (Å²) in [6, 6.07) is 22.2. The third-order valence-electron chi connectivity index (χ3n) is 6.19. The van der Waals surface area contributed by atoms with Crippen LogP contribution in [0.1, 0.15) is 28.7 Å². The molecule has 0 atom stereocenters. The summed E-state index contributed by atoms with van der Waals surface area (Å²) in [4.78, 5) is 17.8. The van der Waals surface area contributed by atoms with E-state index in [9.17, 15) is 4.79 Å². The summed E-state index contributed by atoms with van der Waals surface area (Å²) < 4.78 is 13.7. The lowest BCUT2D eigenvalue weighted by Crippen LogP contribution is -2.49. The van der Waals surface area contributed by atoms with E-state index in [0.717, 1.165) is 46.9 Å². The molecule has 1 saturated heterocycles. The molecule has 170 valence electrons. The number of hydrogen-bond acceptors (Lipinski definition) is 4. The summed E-state index contributed by atoms with van der Waals surface area (Å²) in [5.74, 6) is 1.79. The second-order valence-electron chi connectivity index (χ2n) is 8.39. The molecule has 2 aromatic carbocycles. The number of ether oxygens (including phenoxy) is 1. The lowest BCUT2D eigenvalue weighted by Gasteiger charge is -2.36. The number of hydrogen-bond donors (Lipinski definition) is 0. The smallest absolute Gasteiger partial charge is 0.270 e. The Balaban J connectivity index is 1.37. The summed E-state index contributed by atoms with van der Waals surface area (Å²) in [6.07, 6.45) is 0. The van der Waals surface area contributed by atoms with E-state index in [1.165, 1.54) is 0 Å². The van der Waals surface area contributed by atoms with E-state index in [1.807, 2.05) is 67.3 Å². The summed E-state index contributed by atoms with van der Waals surface area (Å²) in [5.41, 5.74) is 4.64. The maximum Gasteiger partial charge on any atom is 0.270 e. The molecule has 0 saturated carbocycles. The van der Waals surface area contributed by atoms with Crippen LogP contribution < -0.4 is 9.64 Å². The summed E-state index contributed by atoms with van der Waals surface area (Å²) >= 11 is 0. The Labute approximate surface area is 194 Å². The molecule has 1 fully saturated rings. The number of para-hydroxylation sites is 2. The van der Waals surface area contributed by atoms with Crippen molar-refractivity contribution in [3.8, 4) is 5.75 Å². The first-order valence-electron chi connectivity index (χ1n) is 11.5. The lowest BCUT2D eigenvalue weighted by molar-refractivity contribution is 0.0736. The summed E-state index contributed by atoms with van der Waals surface area (Å²) in [7, 11) is 0. The van der Waals surface area contributed by atoms with Gasteiger partial charge in [-0.2, -0.15) is 0 Å². The van der Waals surface area contributed by atoms with Crippen LogP contribution in [0.5, 0.6) is 5.75 Å². The van der Waals surface area contributed by atoms with E-state index >= 15 is 0 Å². The van der Waals surface area contributed by atoms with Gasteiger partial charge in [-0.25, -0.2) is 0 Å². The quantitative estimate of drug-likeness (QED) is 0.423. The molecule has 5 rings (SSSR count). The van der Waals surface area contributed by atoms with Gasteiger partial charge in [-0.1, -0.05) is 42.5 Å². The van der Waals surface area contributed by atoms with Gasteiger partial charge < -0.3 is 23.5 Å². The highest BCUT2D eigenvalue weighted by Gasteiger charge is 2.27. The van der Waals surface area contributed by atoms with E-state index in [0.29, 0.717) is 31.9 Å². The minimum absolute atomic E-state index is 0.0488. The SMILES string of the molecule is CCOc1ccccc1N1CCN(C(=O)c2cc3oc(C)cc3n2Cc2ccccc2)CC1. The molecule has 33 heavy (non-hydrogen) atoms. The fourth-order valence-corrected chi connectivity index (χ4v) is 4.59. The van der Waals surface area contributed by atoms with Crippen molar-refractivity contribution in [2.24, 2.45) is 0 Å². The van der Waals surface area contributed by atoms with Crippen LogP contribution in [0.15, 0.2) is 71.1 Å². The van der Waals surface area contributed by atoms with Crippen molar-refractivity contribution in [2.45, 2.75) is 20.4 Å². The summed E-state index contributed by atoms with van der Waals surface area (Å²) in [5, 5.41) is 0. The number of piperazine rings is 1. The van der Waals surface area contributed by atoms with E-state index in [1.54, 1.807) is 0 Å². The zero-order valence-electron chi connectivity index (χ0n) is 19.2. The van der Waals surface area contributed by atoms with Gasteiger partial charge >= 0.3 is 0 Å². The van der Waals surface area contributed by atoms with Crippen LogP contribution >= 0.6 is 0 Å². The van der Waals surface area contributed by atoms with Crippen molar-refractivity contribution in [1.82, 2.24) is 9.47 Å². The average Bonchev–Trinajstić information content (AvgIpc) is 3.37. The zero-order valence-corrected chi connectivity index (χ0v) is 19.2. The molecule has 0 radical (unpaired) electrons. The largest absolute Gasteiger partial charge is 0.492 e. The number of aromatic nitrogens is 1. The van der Waals surface area contributed by atoms with Gasteiger partial charge in [0, 0.05) is 44.9 Å². The molecule has 3 heterocycles. The van der Waals surface area contributed by atoms with Crippen LogP contribution in [0.4, 0.5) is 5.69 Å². The number of aryl methyl sites for hydroxylation is 1. The predicted octanol–water partition coefficient (Wildman–Crippen LogP) is 4.95. The van der Waals surface area contributed by atoms with E-state index in [2.05, 4.69) is 27.7 Å². The molecule has 6 heteroatoms. The Morgan fingerprint density at radius 1 is 0.970 bits per heavy atom. The number of fused-ring (bicyclic) bond motifs is 1. The number of carbonyl (C=O) groups is 1. The van der Waals surface area contributed by atoms with Gasteiger partial charge in [0.2, 0.25) is 0 Å². The van der Waals surface area contributed by atoms with Gasteiger partial charge in [-0.3, -0.25) is 4.79 Å². The third kappa shape index (κ3) is 4.21. The Hall–Kier alpha value is -3.67. The molecule has 1 aliphatic heterocycles. The molecular weight excluding hydrogens is 414 g/mol. The second kappa shape index (κ2) is 9.06. The maximum absolute atomic E-state index is 13.6. The van der Waals surface area contributed by atoms with Crippen molar-refractivity contribution < 1.29 is 13.9 Å². The number of nitrogens with zero attached hydrogens (tertiary/aromatic N) is 3. The lowest BCUT2D eigenvalue weighted by atomic mass is 10.2. The van der Waals surface area contributed by atoms with Gasteiger partial charge in [0.1, 0.15) is 17.2 Å². The highest BCUT2D eigenvalue weighted by molar-refractivity contribution is 5.98. The van der Waals surface area contributed by atoms with E-state index < -0.39 is 0 Å². The first-order valence-corrected chi connectivity index (χ1v) is 11.5. The highest BCUT2D eigenvalue weighted by atomic mass is 16.5. The van der Waals surface area contributed by atoms with Crippen LogP contribution in [-0.4, -0.2) is 48.2 Å². The van der Waals surface area contributed by atoms with Gasteiger partial charge in [0.25, 0.3) is 5.91 Å². The molecule has 0 N–H and O–H groups in total. The van der Waals surface area contributed by atoms with Gasteiger partial charge in [0.15, 0.2) is 5.58 Å². The normalized spacial score (nSPS) is 14.1. The van der Waals surface area contributed by atoms with Crippen molar-refractivity contribution >= 4 is 22.7 Å². The topological polar surface area (TPSA) is 50.9 Å². The second-order valence-corrected chi connectivity index (χ2v) is 8.39. The molecule has 6 nitrogen and oxygen atoms in total. The van der Waals surface area contributed by atoms with Crippen LogP contribution in [-0.2, 0) is 6.54 Å². The fraction of sp³-hybridized carbons (Fsp3) is 0.296. The van der Waals surface area contributed by atoms with E-state index in [-0.39, 0.29) is 5.91 Å². The highest BCUT2D eigenvalue weighted by Crippen LogP contribution is 2.30. The molecule has 0 spiro atoms. The molecule has 0 bridgehead atoms. The maximum atomic E-state index is 13.6. The summed E-state index contributed by atoms with van der Waals surface area (Å²) in [6.45, 7) is 8.06. The van der Waals surface area contributed by atoms with Crippen molar-refractivity contribution in [3.63, 3.8) is 0 Å². The van der Waals surface area contributed by atoms with Crippen LogP contribution in [0.25, 0.3) is 11.1 Å². The molecule has 0 unspecified atom stereocenters. The number of benzene rings is 2. The molecule has 1 amide bonds. The first kappa shape index (κ1) is 21.2. The average molecular weight is 444 g/mol. The van der Waals surface area contributed by atoms with Crippen molar-refractivity contribution in [1.29, 1.82) is 0 Å². The third-order valence-corrected chi connectivity index (χ3v) is 6.19. The molecule has 1 aliphatic rings. The van der Waals surface area contributed by atoms with Crippen molar-refractivity contribution in [2.75, 3.05) is 37.7 Å². The Kier molecular flexibility index (Phi) is 5.82. The molecule has 4 aromatic rings. The molecular formula is C27H29N3O3. The minimum Gasteiger partial charge on any atom is -0.492 e. The van der Waals surface area contributed by atoms with Crippen molar-refractivity contribution in [3.05, 3.63) is 83.7 Å². The molecule has 2 aromatic heterocycles. The first-order chi connectivity index (χ1) is 16.1. The fourth-order valence-electron chi connectivity index (χ4n) is 4.59. The number of anilines is 1. The van der Waals surface area contributed by atoms with Crippen LogP contribution in [0.3, 0.4) is 0 Å². The number of amides is 1. The standard InChI is InChI=1S/C27H29N3O3/c1-3-32-25-12-8-7-11-22(25)28-13-15-29(16-14-28)27(31)24-18-26-23(17-20(2)33-26)30(24)19-21-9-5-4-6-10-21/h4-12,17-18H,3,13-16,19H2,1-2H3. The predicted molar refractivity (Wildman–Crippen MR) is 130 cm³/mol. The number of rotatable bonds is 6. The zero-order chi connectivity index (χ0) is 22.8. The van der Waals surface area contributed by atoms with Crippen LogP contribution in [0.2, 0.25) is 0 Å². The minimum atomic E-state index is 0.0488. The number of furan rings is 1. The van der Waals surface area contributed by atoms with Crippen LogP contribution in [0, 0.1) is 6.92 Å². The Morgan fingerprint density at radius 3 is 2.45 bits per heavy atom. The Bertz CT molecular complexity index is 1250. The Morgan fingerprint density at radius 2 is 1.70 bits per heavy atom. The van der Waals surface area contributed by atoms with Gasteiger partial charge in [0.05, 0.1) is 17.8 Å². The van der Waals surface area contributed by atoms with Gasteiger partial charge in [-0.05, 0) is 31.5 Å². The monoisotopic (exact) mass is 443 g/mol. The van der Waals surface area contributed by atoms with Gasteiger partial charge in [-0.15, -0.1) is 0 Å². The number of carbonyl (C=O) groups excluding carboxylic acids is 1. The van der Waals surface area contributed by atoms with E-state index in [4.69, 9.17) is 9.15 Å².